The molecule has 1 aliphatic carbocycles. The number of hydroxylamine groups is 1. The van der Waals surface area contributed by atoms with E-state index in [4.69, 9.17) is 28.9 Å². The molecule has 0 amide bonds. The Morgan fingerprint density at radius 2 is 1.55 bits per heavy atom. The molecule has 0 radical (unpaired) electrons. The Morgan fingerprint density at radius 3 is 2.17 bits per heavy atom. The molecule has 64 heavy (non-hydrogen) atoms. The normalized spacial score (nSPS) is 22.4. The van der Waals surface area contributed by atoms with Crippen molar-refractivity contribution in [2.24, 2.45) is 0 Å². The summed E-state index contributed by atoms with van der Waals surface area (Å²) < 4.78 is 24.6. The van der Waals surface area contributed by atoms with Gasteiger partial charge in [-0.3, -0.25) is 10.7 Å². The highest BCUT2D eigenvalue weighted by atomic mass is 16.7. The lowest BCUT2D eigenvalue weighted by Crippen LogP contribution is -2.60. The molecule has 10 nitrogen and oxygen atoms in total. The number of anilines is 2. The molecule has 0 aromatic heterocycles. The van der Waals surface area contributed by atoms with Gasteiger partial charge in [0.25, 0.3) is 0 Å². The van der Waals surface area contributed by atoms with Crippen LogP contribution in [0.25, 0.3) is 6.08 Å². The first-order chi connectivity index (χ1) is 30.3. The Labute approximate surface area is 380 Å². The molecule has 2 heterocycles. The van der Waals surface area contributed by atoms with Gasteiger partial charge in [-0.05, 0) is 76.8 Å². The number of nitrogens with one attached hydrogen (secondary N) is 1. The Hall–Kier alpha value is -5.78. The zero-order valence-electron chi connectivity index (χ0n) is 38.2. The molecule has 1 spiro atoms. The van der Waals surface area contributed by atoms with E-state index < -0.39 is 16.4 Å². The summed E-state index contributed by atoms with van der Waals surface area (Å²) in [6.07, 6.45) is 13.7. The maximum Gasteiger partial charge on any atom is 0.203 e. The summed E-state index contributed by atoms with van der Waals surface area (Å²) in [4.78, 5) is 7.00. The van der Waals surface area contributed by atoms with Gasteiger partial charge >= 0.3 is 0 Å². The van der Waals surface area contributed by atoms with Crippen molar-refractivity contribution in [1.29, 1.82) is 0 Å². The molecule has 0 fully saturated rings. The van der Waals surface area contributed by atoms with Crippen molar-refractivity contribution in [3.05, 3.63) is 172 Å². The molecule has 3 unspecified atom stereocenters. The molecule has 0 saturated carbocycles. The van der Waals surface area contributed by atoms with Crippen LogP contribution in [0.3, 0.4) is 0 Å². The van der Waals surface area contributed by atoms with Crippen LogP contribution in [0, 0.1) is 0 Å². The van der Waals surface area contributed by atoms with Gasteiger partial charge in [-0.2, -0.15) is 0 Å². The average Bonchev–Trinajstić information content (AvgIpc) is 3.44. The van der Waals surface area contributed by atoms with E-state index in [1.54, 1.807) is 33.5 Å². The molecule has 0 bridgehead atoms. The zero-order valence-corrected chi connectivity index (χ0v) is 38.2. The van der Waals surface area contributed by atoms with Crippen LogP contribution in [0.15, 0.2) is 139 Å². The third-order valence-corrected chi connectivity index (χ3v) is 13.1. The first kappa shape index (κ1) is 49.2. The number of aliphatic hydroxyl groups excluding tert-OH is 2. The number of hydrogen-bond acceptors (Lipinski definition) is 10. The highest BCUT2D eigenvalue weighted by Gasteiger charge is 2.66. The second-order valence-electron chi connectivity index (χ2n) is 17.5. The van der Waals surface area contributed by atoms with Crippen LogP contribution in [0.1, 0.15) is 88.3 Å². The predicted octanol–water partition coefficient (Wildman–Crippen LogP) is 10.9. The lowest BCUT2D eigenvalue weighted by molar-refractivity contribution is -0.00817. The largest absolute Gasteiger partial charge is 0.493 e. The Balaban J connectivity index is 0.00000253. The fourth-order valence-corrected chi connectivity index (χ4v) is 9.63. The Bertz CT molecular complexity index is 2370. The minimum atomic E-state index is -0.782. The van der Waals surface area contributed by atoms with E-state index in [0.29, 0.717) is 48.1 Å². The first-order valence-corrected chi connectivity index (χ1v) is 21.4. The molecule has 3 aliphatic rings. The molecular formula is C54H68N2O8. The molecule has 2 aliphatic heterocycles. The highest BCUT2D eigenvalue weighted by molar-refractivity contribution is 5.73. The number of ether oxygens (including phenoxy) is 4. The number of nitrogens with zero attached hydrogens (tertiary/aromatic N) is 1. The van der Waals surface area contributed by atoms with Crippen molar-refractivity contribution < 1.29 is 39.2 Å². The SMILES string of the molecule is C.C=CC1=C(\C(=C/CC(CO)OC)OC)ON(Cc2ccc(CC3(C)c4ccccc4C(C)(C)C34C=Cc3cc(NO)cc(OC)c3O4)cc2)c2ccccc2C(C)(C)C/C=C\1.CO. The molecule has 4 N–H and O–H groups in total. The summed E-state index contributed by atoms with van der Waals surface area (Å²) in [6, 6.07) is 29.5. The van der Waals surface area contributed by atoms with Gasteiger partial charge in [0.15, 0.2) is 17.3 Å². The predicted molar refractivity (Wildman–Crippen MR) is 258 cm³/mol. The lowest BCUT2D eigenvalue weighted by atomic mass is 9.61. The standard InChI is InChI=1S/C52H60N2O7.CH4O.CH4/c1-10-37-16-15-28-49(2,3)43-19-13-14-20-44(43)54(61-48(37)45(58-8)26-25-40(34-55)57-7)33-36-23-21-35(22-24-36)32-51(6)42-18-12-11-17-41(42)50(4,5)52(51)29-27-38-30-39(53-56)31-46(59-9)47(38)60-52;1-2;/h10-24,26-27,29-31,40,53,55-56H,1,25,28,32-34H2,2-9H3;2H,1H3;1H4/b16-15-,45-26+,48-37-;;. The fraction of sp³-hybridized carbons (Fsp3) is 0.370. The molecule has 4 aromatic rings. The van der Waals surface area contributed by atoms with E-state index in [1.165, 1.54) is 11.1 Å². The number of benzene rings is 4. The average molecular weight is 873 g/mol. The number of rotatable bonds is 13. The van der Waals surface area contributed by atoms with Crippen molar-refractivity contribution in [1.82, 2.24) is 0 Å². The lowest BCUT2D eigenvalue weighted by Gasteiger charge is -2.51. The van der Waals surface area contributed by atoms with Crippen molar-refractivity contribution in [2.45, 2.75) is 95.8 Å². The molecule has 10 heteroatoms. The molecule has 7 rings (SSSR count). The van der Waals surface area contributed by atoms with Gasteiger partial charge in [-0.1, -0.05) is 140 Å². The van der Waals surface area contributed by atoms with Gasteiger partial charge in [0.05, 0.1) is 44.8 Å². The first-order valence-electron chi connectivity index (χ1n) is 21.4. The number of hydrogen-bond donors (Lipinski definition) is 4. The van der Waals surface area contributed by atoms with Gasteiger partial charge in [0.1, 0.15) is 5.60 Å². The van der Waals surface area contributed by atoms with Gasteiger partial charge in [0.2, 0.25) is 5.76 Å². The van der Waals surface area contributed by atoms with Gasteiger partial charge in [0, 0.05) is 42.3 Å². The number of aliphatic hydroxyl groups is 2. The van der Waals surface area contributed by atoms with E-state index in [-0.39, 0.29) is 25.6 Å². The van der Waals surface area contributed by atoms with E-state index >= 15 is 0 Å². The summed E-state index contributed by atoms with van der Waals surface area (Å²) in [6.45, 7) is 15.8. The van der Waals surface area contributed by atoms with Crippen LogP contribution in [-0.2, 0) is 43.5 Å². The van der Waals surface area contributed by atoms with Gasteiger partial charge in [-0.25, -0.2) is 5.06 Å². The van der Waals surface area contributed by atoms with Crippen LogP contribution in [0.4, 0.5) is 11.4 Å². The number of allylic oxidation sites excluding steroid dienone is 4. The molecule has 342 valence electrons. The monoisotopic (exact) mass is 872 g/mol. The van der Waals surface area contributed by atoms with Gasteiger partial charge in [-0.15, -0.1) is 0 Å². The van der Waals surface area contributed by atoms with E-state index in [2.05, 4.69) is 132 Å². The molecule has 3 atom stereocenters. The fourth-order valence-electron chi connectivity index (χ4n) is 9.63. The second-order valence-corrected chi connectivity index (χ2v) is 17.5. The van der Waals surface area contributed by atoms with Crippen LogP contribution in [0.2, 0.25) is 0 Å². The molecular weight excluding hydrogens is 805 g/mol. The van der Waals surface area contributed by atoms with E-state index in [9.17, 15) is 10.3 Å². The third-order valence-electron chi connectivity index (χ3n) is 13.1. The van der Waals surface area contributed by atoms with Crippen LogP contribution in [0.5, 0.6) is 11.5 Å². The Kier molecular flexibility index (Phi) is 15.7. The number of fused-ring (bicyclic) bond motifs is 3. The summed E-state index contributed by atoms with van der Waals surface area (Å²) >= 11 is 0. The number of methoxy groups -OCH3 is 3. The van der Waals surface area contributed by atoms with Gasteiger partial charge < -0.3 is 34.0 Å². The quantitative estimate of drug-likeness (QED) is 0.0763. The smallest absolute Gasteiger partial charge is 0.203 e. The summed E-state index contributed by atoms with van der Waals surface area (Å²) in [7, 11) is 5.83. The maximum atomic E-state index is 9.85. The Morgan fingerprint density at radius 1 is 0.891 bits per heavy atom. The second kappa shape index (κ2) is 20.4. The highest BCUT2D eigenvalue weighted by Crippen LogP contribution is 2.62. The summed E-state index contributed by atoms with van der Waals surface area (Å²) in [5.74, 6) is 2.22. The molecule has 4 aromatic carbocycles. The van der Waals surface area contributed by atoms with E-state index in [1.807, 2.05) is 29.3 Å². The number of para-hydroxylation sites is 1. The summed E-state index contributed by atoms with van der Waals surface area (Å²) in [5.41, 5.74) is 9.29. The summed E-state index contributed by atoms with van der Waals surface area (Å²) in [5, 5.41) is 28.5. The van der Waals surface area contributed by atoms with E-state index in [0.717, 1.165) is 47.0 Å². The minimum Gasteiger partial charge on any atom is -0.493 e. The zero-order chi connectivity index (χ0) is 45.6. The van der Waals surface area contributed by atoms with Crippen molar-refractivity contribution in [3.8, 4) is 11.5 Å². The van der Waals surface area contributed by atoms with Crippen molar-refractivity contribution in [2.75, 3.05) is 45.6 Å². The van der Waals surface area contributed by atoms with Crippen LogP contribution < -0.4 is 20.0 Å². The van der Waals surface area contributed by atoms with Crippen molar-refractivity contribution in [3.63, 3.8) is 0 Å². The minimum absolute atomic E-state index is 0. The molecule has 0 saturated heterocycles. The van der Waals surface area contributed by atoms with Crippen molar-refractivity contribution >= 4 is 17.5 Å². The topological polar surface area (TPSA) is 122 Å². The van der Waals surface area contributed by atoms with Crippen LogP contribution >= 0.6 is 0 Å². The maximum absolute atomic E-state index is 9.85. The third kappa shape index (κ3) is 8.97. The van der Waals surface area contributed by atoms with Crippen LogP contribution in [-0.4, -0.2) is 62.2 Å².